The molecule has 6 heteroatoms. The lowest BCUT2D eigenvalue weighted by atomic mass is 10.2. The molecule has 1 saturated carbocycles. The molecule has 21 heavy (non-hydrogen) atoms. The number of thioether (sulfide) groups is 1. The third-order valence-corrected chi connectivity index (χ3v) is 4.89. The maximum Gasteiger partial charge on any atom is 0.341 e. The van der Waals surface area contributed by atoms with Crippen molar-refractivity contribution >= 4 is 29.2 Å². The molecule has 0 spiro atoms. The molecule has 1 aromatic rings. The highest BCUT2D eigenvalue weighted by atomic mass is 32.2. The molecule has 2 atom stereocenters. The van der Waals surface area contributed by atoms with Crippen molar-refractivity contribution in [3.8, 4) is 0 Å². The summed E-state index contributed by atoms with van der Waals surface area (Å²) < 4.78 is 5.08. The molecule has 1 aliphatic carbocycles. The fourth-order valence-corrected chi connectivity index (χ4v) is 3.84. The standard InChI is InChI=1S/C15H23N3O2S/c1-3-20-15(19)11-8-10(16)9-17-14(11)18-12-6-5-7-13(12)21-4-2/h8-9,12-13H,3-7,16H2,1-2H3,(H,17,18). The first kappa shape index (κ1) is 15.9. The minimum atomic E-state index is -0.377. The molecule has 1 fully saturated rings. The number of nitrogen functional groups attached to an aromatic ring is 1. The average molecular weight is 309 g/mol. The molecule has 3 N–H and O–H groups in total. The van der Waals surface area contributed by atoms with Crippen LogP contribution in [0.4, 0.5) is 11.5 Å². The van der Waals surface area contributed by atoms with Crippen LogP contribution in [0, 0.1) is 0 Å². The van der Waals surface area contributed by atoms with Gasteiger partial charge in [-0.25, -0.2) is 9.78 Å². The summed E-state index contributed by atoms with van der Waals surface area (Å²) in [5.74, 6) is 1.30. The monoisotopic (exact) mass is 309 g/mol. The molecule has 0 aliphatic heterocycles. The molecule has 116 valence electrons. The number of hydrogen-bond acceptors (Lipinski definition) is 6. The number of ether oxygens (including phenoxy) is 1. The van der Waals surface area contributed by atoms with Crippen molar-refractivity contribution in [1.29, 1.82) is 0 Å². The van der Waals surface area contributed by atoms with E-state index in [2.05, 4.69) is 17.2 Å². The van der Waals surface area contributed by atoms with Gasteiger partial charge in [0.1, 0.15) is 11.4 Å². The number of hydrogen-bond donors (Lipinski definition) is 2. The SMILES string of the molecule is CCOC(=O)c1cc(N)cnc1NC1CCCC1SCC. The van der Waals surface area contributed by atoms with E-state index in [1.54, 1.807) is 19.2 Å². The topological polar surface area (TPSA) is 77.2 Å². The van der Waals surface area contributed by atoms with Crippen LogP contribution in [0.3, 0.4) is 0 Å². The minimum absolute atomic E-state index is 0.338. The van der Waals surface area contributed by atoms with Crippen LogP contribution >= 0.6 is 11.8 Å². The van der Waals surface area contributed by atoms with E-state index in [0.29, 0.717) is 35.0 Å². The molecule has 1 heterocycles. The zero-order valence-corrected chi connectivity index (χ0v) is 13.4. The second kappa shape index (κ2) is 7.54. The molecule has 2 unspecified atom stereocenters. The molecule has 0 aromatic carbocycles. The number of nitrogens with one attached hydrogen (secondary N) is 1. The zero-order valence-electron chi connectivity index (χ0n) is 12.6. The van der Waals surface area contributed by atoms with Gasteiger partial charge < -0.3 is 15.8 Å². The number of esters is 1. The second-order valence-corrected chi connectivity index (χ2v) is 6.58. The van der Waals surface area contributed by atoms with Crippen LogP contribution in [-0.2, 0) is 4.74 Å². The predicted octanol–water partition coefficient (Wildman–Crippen LogP) is 2.93. The first-order valence-corrected chi connectivity index (χ1v) is 8.51. The number of anilines is 2. The molecule has 0 radical (unpaired) electrons. The Morgan fingerprint density at radius 1 is 1.52 bits per heavy atom. The number of pyridine rings is 1. The Bertz CT molecular complexity index is 496. The van der Waals surface area contributed by atoms with Gasteiger partial charge >= 0.3 is 5.97 Å². The van der Waals surface area contributed by atoms with Gasteiger partial charge in [0.25, 0.3) is 0 Å². The molecule has 5 nitrogen and oxygen atoms in total. The summed E-state index contributed by atoms with van der Waals surface area (Å²) in [6.07, 6.45) is 5.09. The normalized spacial score (nSPS) is 21.2. The van der Waals surface area contributed by atoms with Gasteiger partial charge in [0.15, 0.2) is 0 Å². The van der Waals surface area contributed by atoms with Gasteiger partial charge in [0.2, 0.25) is 0 Å². The Labute approximate surface area is 130 Å². The fourth-order valence-electron chi connectivity index (χ4n) is 2.64. The van der Waals surface area contributed by atoms with Crippen molar-refractivity contribution in [2.45, 2.75) is 44.4 Å². The largest absolute Gasteiger partial charge is 0.462 e. The summed E-state index contributed by atoms with van der Waals surface area (Å²) in [5.41, 5.74) is 6.63. The van der Waals surface area contributed by atoms with Crippen LogP contribution in [-0.4, -0.2) is 34.6 Å². The van der Waals surface area contributed by atoms with E-state index in [4.69, 9.17) is 10.5 Å². The van der Waals surface area contributed by atoms with Gasteiger partial charge in [0.05, 0.1) is 18.5 Å². The zero-order chi connectivity index (χ0) is 15.2. The van der Waals surface area contributed by atoms with E-state index < -0.39 is 0 Å². The number of aromatic nitrogens is 1. The third-order valence-electron chi connectivity index (χ3n) is 3.56. The molecule has 2 rings (SSSR count). The average Bonchev–Trinajstić information content (AvgIpc) is 2.89. The van der Waals surface area contributed by atoms with E-state index in [1.165, 1.54) is 12.8 Å². The lowest BCUT2D eigenvalue weighted by Crippen LogP contribution is -2.28. The number of carbonyl (C=O) groups is 1. The quantitative estimate of drug-likeness (QED) is 0.787. The first-order chi connectivity index (χ1) is 10.2. The number of carbonyl (C=O) groups excluding carboxylic acids is 1. The molecule has 0 saturated heterocycles. The highest BCUT2D eigenvalue weighted by Gasteiger charge is 2.28. The smallest absolute Gasteiger partial charge is 0.341 e. The minimum Gasteiger partial charge on any atom is -0.462 e. The maximum absolute atomic E-state index is 12.0. The van der Waals surface area contributed by atoms with Crippen LogP contribution in [0.25, 0.3) is 0 Å². The summed E-state index contributed by atoms with van der Waals surface area (Å²) in [6.45, 7) is 4.30. The summed E-state index contributed by atoms with van der Waals surface area (Å²) in [4.78, 5) is 16.3. The summed E-state index contributed by atoms with van der Waals surface area (Å²) in [5, 5.41) is 4.00. The summed E-state index contributed by atoms with van der Waals surface area (Å²) in [7, 11) is 0. The molecular weight excluding hydrogens is 286 g/mol. The van der Waals surface area contributed by atoms with Crippen molar-refractivity contribution in [3.05, 3.63) is 17.8 Å². The molecule has 1 aliphatic rings. The van der Waals surface area contributed by atoms with Crippen molar-refractivity contribution in [1.82, 2.24) is 4.98 Å². The Morgan fingerprint density at radius 3 is 3.05 bits per heavy atom. The molecule has 1 aromatic heterocycles. The van der Waals surface area contributed by atoms with Crippen molar-refractivity contribution in [3.63, 3.8) is 0 Å². The number of nitrogens with two attached hydrogens (primary N) is 1. The predicted molar refractivity (Wildman–Crippen MR) is 87.8 cm³/mol. The van der Waals surface area contributed by atoms with Crippen LogP contribution < -0.4 is 11.1 Å². The summed E-state index contributed by atoms with van der Waals surface area (Å²) >= 11 is 1.96. The van der Waals surface area contributed by atoms with E-state index in [1.807, 2.05) is 11.8 Å². The third kappa shape index (κ3) is 4.03. The van der Waals surface area contributed by atoms with Gasteiger partial charge in [-0.15, -0.1) is 0 Å². The van der Waals surface area contributed by atoms with E-state index >= 15 is 0 Å². The first-order valence-electron chi connectivity index (χ1n) is 7.46. The van der Waals surface area contributed by atoms with Crippen LogP contribution in [0.2, 0.25) is 0 Å². The van der Waals surface area contributed by atoms with Crippen LogP contribution in [0.5, 0.6) is 0 Å². The van der Waals surface area contributed by atoms with Gasteiger partial charge in [0, 0.05) is 11.3 Å². The lowest BCUT2D eigenvalue weighted by Gasteiger charge is -2.22. The highest BCUT2D eigenvalue weighted by molar-refractivity contribution is 7.99. The van der Waals surface area contributed by atoms with Crippen LogP contribution in [0.15, 0.2) is 12.3 Å². The van der Waals surface area contributed by atoms with Crippen molar-refractivity contribution in [2.75, 3.05) is 23.4 Å². The van der Waals surface area contributed by atoms with Gasteiger partial charge in [-0.3, -0.25) is 0 Å². The van der Waals surface area contributed by atoms with E-state index in [-0.39, 0.29) is 5.97 Å². The maximum atomic E-state index is 12.0. The highest BCUT2D eigenvalue weighted by Crippen LogP contribution is 2.32. The second-order valence-electron chi connectivity index (χ2n) is 5.06. The molecule has 0 amide bonds. The Morgan fingerprint density at radius 2 is 2.33 bits per heavy atom. The molecular formula is C15H23N3O2S. The van der Waals surface area contributed by atoms with Gasteiger partial charge in [-0.05, 0) is 31.6 Å². The van der Waals surface area contributed by atoms with Gasteiger partial charge in [-0.1, -0.05) is 13.3 Å². The number of rotatable bonds is 6. The Hall–Kier alpha value is -1.43. The Balaban J connectivity index is 2.17. The van der Waals surface area contributed by atoms with Gasteiger partial charge in [-0.2, -0.15) is 11.8 Å². The van der Waals surface area contributed by atoms with Crippen molar-refractivity contribution in [2.24, 2.45) is 0 Å². The Kier molecular flexibility index (Phi) is 5.73. The fraction of sp³-hybridized carbons (Fsp3) is 0.600. The van der Waals surface area contributed by atoms with E-state index in [9.17, 15) is 4.79 Å². The lowest BCUT2D eigenvalue weighted by molar-refractivity contribution is 0.0527. The van der Waals surface area contributed by atoms with E-state index in [0.717, 1.165) is 12.2 Å². The summed E-state index contributed by atoms with van der Waals surface area (Å²) in [6, 6.07) is 1.98. The van der Waals surface area contributed by atoms with Crippen molar-refractivity contribution < 1.29 is 9.53 Å². The molecule has 0 bridgehead atoms. The number of nitrogens with zero attached hydrogens (tertiary/aromatic N) is 1. The van der Waals surface area contributed by atoms with Crippen LogP contribution in [0.1, 0.15) is 43.5 Å².